The second kappa shape index (κ2) is 16.5. The van der Waals surface area contributed by atoms with Crippen molar-refractivity contribution in [2.45, 2.75) is 61.6 Å². The predicted octanol–water partition coefficient (Wildman–Crippen LogP) is 2.83. The number of hydrogen-bond acceptors (Lipinski definition) is 10. The lowest BCUT2D eigenvalue weighted by Gasteiger charge is -2.52. The van der Waals surface area contributed by atoms with Crippen LogP contribution in [-0.4, -0.2) is 135 Å². The fourth-order valence-electron chi connectivity index (χ4n) is 7.15. The average molecular weight is 669 g/mol. The van der Waals surface area contributed by atoms with Crippen LogP contribution in [0.25, 0.3) is 0 Å². The van der Waals surface area contributed by atoms with E-state index in [0.29, 0.717) is 84.4 Å². The quantitative estimate of drug-likeness (QED) is 0.228. The lowest BCUT2D eigenvalue weighted by molar-refractivity contribution is -0.0725. The maximum absolute atomic E-state index is 14.1. The number of nitrogens with one attached hydrogen (secondary N) is 1. The van der Waals surface area contributed by atoms with Crippen LogP contribution >= 0.6 is 0 Å². The van der Waals surface area contributed by atoms with Crippen molar-refractivity contribution in [1.29, 1.82) is 0 Å². The van der Waals surface area contributed by atoms with Crippen molar-refractivity contribution in [3.63, 3.8) is 0 Å². The fraction of sp³-hybridized carbons (Fsp3) is 0.657. The van der Waals surface area contributed by atoms with Crippen LogP contribution in [0.15, 0.2) is 42.7 Å². The van der Waals surface area contributed by atoms with Gasteiger partial charge in [0.05, 0.1) is 88.6 Å². The summed E-state index contributed by atoms with van der Waals surface area (Å²) in [6, 6.07) is 10.5. The third kappa shape index (κ3) is 8.32. The first-order valence-corrected chi connectivity index (χ1v) is 17.1. The number of β-amino-alcohol motifs (C(OH)–C–C–N with tert-alkyl or cyclic N) is 1. The van der Waals surface area contributed by atoms with E-state index in [1.54, 1.807) is 24.4 Å². The summed E-state index contributed by atoms with van der Waals surface area (Å²) < 4.78 is 21.2. The smallest absolute Gasteiger partial charge is 0.325 e. The second-order valence-corrected chi connectivity index (χ2v) is 13.4. The summed E-state index contributed by atoms with van der Waals surface area (Å²) in [6.45, 7) is 4.34. The highest BCUT2D eigenvalue weighted by atomic mass is 16.6. The Balaban J connectivity index is 1.15. The van der Waals surface area contributed by atoms with Crippen molar-refractivity contribution in [1.82, 2.24) is 25.1 Å². The molecule has 13 nitrogen and oxygen atoms in total. The number of carbonyl (C=O) groups excluding carboxylic acids is 2. The minimum absolute atomic E-state index is 0.0221. The Morgan fingerprint density at radius 3 is 2.06 bits per heavy atom. The summed E-state index contributed by atoms with van der Waals surface area (Å²) in [5, 5.41) is 14.0. The van der Waals surface area contributed by atoms with Gasteiger partial charge in [-0.05, 0) is 64.6 Å². The number of rotatable bonds is 18. The zero-order valence-corrected chi connectivity index (χ0v) is 28.7. The van der Waals surface area contributed by atoms with Crippen molar-refractivity contribution in [2.75, 3.05) is 92.0 Å². The molecule has 2 heterocycles. The van der Waals surface area contributed by atoms with Crippen LogP contribution in [0.3, 0.4) is 0 Å². The van der Waals surface area contributed by atoms with Crippen molar-refractivity contribution < 1.29 is 33.6 Å². The molecule has 3 aliphatic rings. The van der Waals surface area contributed by atoms with Gasteiger partial charge in [-0.2, -0.15) is 0 Å². The van der Waals surface area contributed by atoms with Crippen molar-refractivity contribution >= 4 is 17.6 Å². The molecule has 2 N–H and O–H groups in total. The molecule has 2 saturated carbocycles. The van der Waals surface area contributed by atoms with Crippen LogP contribution in [0, 0.1) is 0 Å². The van der Waals surface area contributed by atoms with E-state index < -0.39 is 17.0 Å². The summed E-state index contributed by atoms with van der Waals surface area (Å²) in [5.41, 5.74) is 0.434. The van der Waals surface area contributed by atoms with E-state index in [1.807, 2.05) is 11.0 Å². The predicted molar refractivity (Wildman–Crippen MR) is 180 cm³/mol. The third-order valence-corrected chi connectivity index (χ3v) is 10.3. The first-order chi connectivity index (χ1) is 23.2. The molecular formula is C35H52N6O7. The van der Waals surface area contributed by atoms with Gasteiger partial charge in [0.15, 0.2) is 0 Å². The molecule has 48 heavy (non-hydrogen) atoms. The number of aromatic nitrogens is 2. The highest BCUT2D eigenvalue weighted by Crippen LogP contribution is 2.50. The molecule has 1 spiro atoms. The molecule has 0 unspecified atom stereocenters. The van der Waals surface area contributed by atoms with Crippen LogP contribution in [0.2, 0.25) is 0 Å². The molecular weight excluding hydrogens is 616 g/mol. The first-order valence-electron chi connectivity index (χ1n) is 17.1. The van der Waals surface area contributed by atoms with Gasteiger partial charge in [-0.25, -0.2) is 14.8 Å². The molecule has 264 valence electrons. The van der Waals surface area contributed by atoms with Gasteiger partial charge >= 0.3 is 6.03 Å². The molecule has 1 aliphatic heterocycles. The van der Waals surface area contributed by atoms with Crippen LogP contribution in [-0.2, 0) is 24.5 Å². The standard InChI is InChI=1S/C35H52N6O7/c1-39(2)35(28-8-5-4-6-9-28)14-12-33(13-15-35)26-40(32(43)41(33)27-34(44)10-7-11-34)29-24-37-30(38-25-29)31(42)36-16-17-46-20-21-48-23-22-47-19-18-45-3/h4-6,8-9,24-25,44H,7,10-23,26-27H2,1-3H3,(H,36,42)/t33-,35+. The maximum atomic E-state index is 14.1. The Morgan fingerprint density at radius 2 is 1.50 bits per heavy atom. The van der Waals surface area contributed by atoms with E-state index >= 15 is 0 Å². The topological polar surface area (TPSA) is 139 Å². The van der Waals surface area contributed by atoms with Crippen LogP contribution in [0.5, 0.6) is 0 Å². The molecule has 2 aliphatic carbocycles. The van der Waals surface area contributed by atoms with Crippen LogP contribution < -0.4 is 10.2 Å². The molecule has 1 aromatic heterocycles. The highest BCUT2D eigenvalue weighted by Gasteiger charge is 2.56. The molecule has 0 radical (unpaired) electrons. The van der Waals surface area contributed by atoms with Gasteiger partial charge in [0.2, 0.25) is 5.82 Å². The normalized spacial score (nSPS) is 23.6. The number of ether oxygens (including phenoxy) is 4. The van der Waals surface area contributed by atoms with E-state index in [9.17, 15) is 14.7 Å². The number of carbonyl (C=O) groups is 2. The number of aliphatic hydroxyl groups is 1. The highest BCUT2D eigenvalue weighted by molar-refractivity contribution is 5.96. The molecule has 2 aromatic rings. The Kier molecular flexibility index (Phi) is 12.4. The Labute approximate surface area is 283 Å². The minimum atomic E-state index is -0.845. The monoisotopic (exact) mass is 668 g/mol. The SMILES string of the molecule is COCCOCCOCCOCCNC(=O)c1ncc(N2C[C@]3(CC[C@](c4ccccc4)(N(C)C)CC3)N(CC3(O)CCC3)C2=O)cn1. The van der Waals surface area contributed by atoms with Gasteiger partial charge in [-0.3, -0.25) is 14.6 Å². The Morgan fingerprint density at radius 1 is 0.896 bits per heavy atom. The Hall–Kier alpha value is -3.20. The molecule has 13 heteroatoms. The number of benzene rings is 1. The third-order valence-electron chi connectivity index (χ3n) is 10.3. The number of nitrogens with zero attached hydrogens (tertiary/aromatic N) is 5. The van der Waals surface area contributed by atoms with Gasteiger partial charge in [0, 0.05) is 19.2 Å². The summed E-state index contributed by atoms with van der Waals surface area (Å²) in [6.07, 6.45) is 8.83. The summed E-state index contributed by atoms with van der Waals surface area (Å²) in [7, 11) is 5.90. The zero-order valence-electron chi connectivity index (χ0n) is 28.7. The van der Waals surface area contributed by atoms with E-state index in [4.69, 9.17) is 18.9 Å². The molecule has 3 amide bonds. The fourth-order valence-corrected chi connectivity index (χ4v) is 7.15. The molecule has 1 saturated heterocycles. The first kappa shape index (κ1) is 36.1. The summed E-state index contributed by atoms with van der Waals surface area (Å²) >= 11 is 0. The molecule has 1 aromatic carbocycles. The number of anilines is 1. The van der Waals surface area contributed by atoms with E-state index in [0.717, 1.165) is 32.1 Å². The van der Waals surface area contributed by atoms with Gasteiger partial charge in [-0.1, -0.05) is 30.3 Å². The van der Waals surface area contributed by atoms with Crippen LogP contribution in [0.4, 0.5) is 10.5 Å². The summed E-state index contributed by atoms with van der Waals surface area (Å²) in [4.78, 5) is 41.3. The second-order valence-electron chi connectivity index (χ2n) is 13.4. The van der Waals surface area contributed by atoms with Gasteiger partial charge < -0.3 is 34.3 Å². The molecule has 3 fully saturated rings. The van der Waals surface area contributed by atoms with Gasteiger partial charge in [0.1, 0.15) is 0 Å². The lowest BCUT2D eigenvalue weighted by atomic mass is 9.67. The number of amides is 3. The molecule has 5 rings (SSSR count). The van der Waals surface area contributed by atoms with Crippen molar-refractivity contribution in [2.24, 2.45) is 0 Å². The number of urea groups is 1. The number of hydrogen-bond donors (Lipinski definition) is 2. The van der Waals surface area contributed by atoms with Gasteiger partial charge in [-0.15, -0.1) is 0 Å². The van der Waals surface area contributed by atoms with E-state index in [-0.39, 0.29) is 17.4 Å². The van der Waals surface area contributed by atoms with E-state index in [2.05, 4.69) is 58.5 Å². The Bertz CT molecular complexity index is 1320. The van der Waals surface area contributed by atoms with Crippen molar-refractivity contribution in [3.05, 3.63) is 54.1 Å². The maximum Gasteiger partial charge on any atom is 0.325 e. The molecule has 0 bridgehead atoms. The van der Waals surface area contributed by atoms with Gasteiger partial charge in [0.25, 0.3) is 5.91 Å². The largest absolute Gasteiger partial charge is 0.388 e. The molecule has 0 atom stereocenters. The lowest BCUT2D eigenvalue weighted by Crippen LogP contribution is -2.59. The number of methoxy groups -OCH3 is 1. The minimum Gasteiger partial charge on any atom is -0.388 e. The average Bonchev–Trinajstić information content (AvgIpc) is 3.35. The van der Waals surface area contributed by atoms with Crippen molar-refractivity contribution in [3.8, 4) is 0 Å². The summed E-state index contributed by atoms with van der Waals surface area (Å²) in [5.74, 6) is -0.394. The van der Waals surface area contributed by atoms with E-state index in [1.165, 1.54) is 5.56 Å². The zero-order chi connectivity index (χ0) is 34.0. The van der Waals surface area contributed by atoms with Crippen LogP contribution in [0.1, 0.15) is 61.1 Å².